The molecule has 0 unspecified atom stereocenters. The highest BCUT2D eigenvalue weighted by molar-refractivity contribution is 5.79. The summed E-state index contributed by atoms with van der Waals surface area (Å²) in [5, 5.41) is 6.40. The molecule has 0 amide bonds. The molecule has 0 aliphatic rings. The topological polar surface area (TPSA) is 67.1 Å². The van der Waals surface area contributed by atoms with E-state index in [4.69, 9.17) is 0 Å². The molecular formula is C15H22N6. The average Bonchev–Trinajstić information content (AvgIpc) is 2.92. The van der Waals surface area contributed by atoms with Gasteiger partial charge in [-0.15, -0.1) is 0 Å². The highest BCUT2D eigenvalue weighted by atomic mass is 15.2. The molecule has 0 atom stereocenters. The van der Waals surface area contributed by atoms with Crippen LogP contribution in [0.2, 0.25) is 0 Å². The van der Waals surface area contributed by atoms with Crippen molar-refractivity contribution in [3.8, 4) is 5.82 Å². The van der Waals surface area contributed by atoms with Gasteiger partial charge in [0.2, 0.25) is 0 Å². The Morgan fingerprint density at radius 2 is 1.95 bits per heavy atom. The molecule has 0 aliphatic carbocycles. The van der Waals surface area contributed by atoms with E-state index in [1.54, 1.807) is 6.20 Å². The molecule has 112 valence electrons. The van der Waals surface area contributed by atoms with Crippen molar-refractivity contribution in [3.05, 3.63) is 42.1 Å². The first-order valence-corrected chi connectivity index (χ1v) is 7.22. The van der Waals surface area contributed by atoms with Gasteiger partial charge in [0.1, 0.15) is 11.6 Å². The first-order valence-electron chi connectivity index (χ1n) is 7.22. The van der Waals surface area contributed by atoms with Crippen LogP contribution in [0, 0.1) is 6.92 Å². The van der Waals surface area contributed by atoms with Crippen molar-refractivity contribution < 1.29 is 0 Å². The SMILES string of the molecule is CCNC(=NCc1ccc(-n2ccnc2C)nc1)NCC. The fraction of sp³-hybridized carbons (Fsp3) is 0.400. The second-order valence-corrected chi connectivity index (χ2v) is 4.59. The van der Waals surface area contributed by atoms with Gasteiger partial charge in [-0.3, -0.25) is 4.57 Å². The summed E-state index contributed by atoms with van der Waals surface area (Å²) in [6, 6.07) is 4.03. The highest BCUT2D eigenvalue weighted by Gasteiger charge is 2.02. The zero-order valence-electron chi connectivity index (χ0n) is 12.8. The summed E-state index contributed by atoms with van der Waals surface area (Å²) in [7, 11) is 0. The summed E-state index contributed by atoms with van der Waals surface area (Å²) in [4.78, 5) is 13.2. The Kier molecular flexibility index (Phi) is 5.31. The van der Waals surface area contributed by atoms with E-state index >= 15 is 0 Å². The molecule has 0 aliphatic heterocycles. The molecule has 2 N–H and O–H groups in total. The van der Waals surface area contributed by atoms with Gasteiger partial charge >= 0.3 is 0 Å². The summed E-state index contributed by atoms with van der Waals surface area (Å²) >= 11 is 0. The maximum atomic E-state index is 4.52. The number of aryl methyl sites for hydroxylation is 1. The summed E-state index contributed by atoms with van der Waals surface area (Å²) in [5.41, 5.74) is 1.07. The van der Waals surface area contributed by atoms with Crippen LogP contribution in [0.1, 0.15) is 25.2 Å². The molecule has 2 aromatic rings. The van der Waals surface area contributed by atoms with Crippen LogP contribution < -0.4 is 10.6 Å². The van der Waals surface area contributed by atoms with Gasteiger partial charge in [-0.25, -0.2) is 15.0 Å². The van der Waals surface area contributed by atoms with Crippen molar-refractivity contribution in [2.75, 3.05) is 13.1 Å². The molecular weight excluding hydrogens is 264 g/mol. The van der Waals surface area contributed by atoms with E-state index < -0.39 is 0 Å². The fourth-order valence-corrected chi connectivity index (χ4v) is 1.95. The molecule has 0 saturated heterocycles. The van der Waals surface area contributed by atoms with E-state index in [1.165, 1.54) is 0 Å². The minimum absolute atomic E-state index is 0.603. The average molecular weight is 286 g/mol. The lowest BCUT2D eigenvalue weighted by Crippen LogP contribution is -2.36. The van der Waals surface area contributed by atoms with Crippen LogP contribution in [0.15, 0.2) is 35.7 Å². The van der Waals surface area contributed by atoms with E-state index in [0.717, 1.165) is 36.3 Å². The maximum absolute atomic E-state index is 4.52. The number of hydrogen-bond acceptors (Lipinski definition) is 3. The van der Waals surface area contributed by atoms with E-state index in [9.17, 15) is 0 Å². The van der Waals surface area contributed by atoms with Crippen molar-refractivity contribution in [3.63, 3.8) is 0 Å². The van der Waals surface area contributed by atoms with Gasteiger partial charge in [0.15, 0.2) is 5.96 Å². The lowest BCUT2D eigenvalue weighted by atomic mass is 10.3. The van der Waals surface area contributed by atoms with Gasteiger partial charge in [0, 0.05) is 31.7 Å². The van der Waals surface area contributed by atoms with Crippen molar-refractivity contribution in [1.29, 1.82) is 0 Å². The van der Waals surface area contributed by atoms with Crippen LogP contribution in [0.3, 0.4) is 0 Å². The number of hydrogen-bond donors (Lipinski definition) is 2. The summed E-state index contributed by atoms with van der Waals surface area (Å²) in [5.74, 6) is 2.63. The van der Waals surface area contributed by atoms with Crippen LogP contribution in [-0.4, -0.2) is 33.6 Å². The molecule has 0 fully saturated rings. The quantitative estimate of drug-likeness (QED) is 0.648. The predicted molar refractivity (Wildman–Crippen MR) is 84.6 cm³/mol. The third kappa shape index (κ3) is 4.05. The predicted octanol–water partition coefficient (Wildman–Crippen LogP) is 1.65. The van der Waals surface area contributed by atoms with Gasteiger partial charge in [0.25, 0.3) is 0 Å². The molecule has 6 heteroatoms. The Labute approximate surface area is 125 Å². The molecule has 0 radical (unpaired) electrons. The minimum atomic E-state index is 0.603. The summed E-state index contributed by atoms with van der Waals surface area (Å²) in [6.07, 6.45) is 5.53. The monoisotopic (exact) mass is 286 g/mol. The molecule has 0 saturated carbocycles. The lowest BCUT2D eigenvalue weighted by Gasteiger charge is -2.09. The standard InChI is InChI=1S/C15H22N6/c1-4-16-15(17-5-2)20-11-13-6-7-14(19-10-13)21-9-8-18-12(21)3/h6-10H,4-5,11H2,1-3H3,(H2,16,17,20). The third-order valence-corrected chi connectivity index (χ3v) is 2.99. The second kappa shape index (κ2) is 7.42. The smallest absolute Gasteiger partial charge is 0.191 e. The number of guanidine groups is 1. The molecule has 6 nitrogen and oxygen atoms in total. The Balaban J connectivity index is 2.05. The molecule has 0 aromatic carbocycles. The van der Waals surface area contributed by atoms with E-state index in [1.807, 2.05) is 36.0 Å². The van der Waals surface area contributed by atoms with Crippen LogP contribution in [0.25, 0.3) is 5.82 Å². The Morgan fingerprint density at radius 1 is 1.19 bits per heavy atom. The first kappa shape index (κ1) is 15.0. The van der Waals surface area contributed by atoms with Gasteiger partial charge in [0.05, 0.1) is 6.54 Å². The van der Waals surface area contributed by atoms with Crippen LogP contribution in [0.4, 0.5) is 0 Å². The Hall–Kier alpha value is -2.37. The molecule has 0 spiro atoms. The van der Waals surface area contributed by atoms with Crippen LogP contribution in [0.5, 0.6) is 0 Å². The molecule has 2 heterocycles. The van der Waals surface area contributed by atoms with E-state index in [2.05, 4.69) is 39.4 Å². The number of aliphatic imine (C=N–C) groups is 1. The summed E-state index contributed by atoms with van der Waals surface area (Å²) in [6.45, 7) is 8.36. The normalized spacial score (nSPS) is 10.2. The number of aromatic nitrogens is 3. The zero-order valence-corrected chi connectivity index (χ0v) is 12.8. The first-order chi connectivity index (χ1) is 10.2. The van der Waals surface area contributed by atoms with Gasteiger partial charge in [-0.1, -0.05) is 6.07 Å². The van der Waals surface area contributed by atoms with Crippen molar-refractivity contribution in [1.82, 2.24) is 25.2 Å². The summed E-state index contributed by atoms with van der Waals surface area (Å²) < 4.78 is 1.95. The van der Waals surface area contributed by atoms with E-state index in [0.29, 0.717) is 6.54 Å². The molecule has 2 aromatic heterocycles. The minimum Gasteiger partial charge on any atom is -0.357 e. The molecule has 21 heavy (non-hydrogen) atoms. The van der Waals surface area contributed by atoms with Crippen LogP contribution >= 0.6 is 0 Å². The maximum Gasteiger partial charge on any atom is 0.191 e. The zero-order chi connectivity index (χ0) is 15.1. The number of pyridine rings is 1. The van der Waals surface area contributed by atoms with Gasteiger partial charge < -0.3 is 10.6 Å². The highest BCUT2D eigenvalue weighted by Crippen LogP contribution is 2.08. The molecule has 0 bridgehead atoms. The third-order valence-electron chi connectivity index (χ3n) is 2.99. The Morgan fingerprint density at radius 3 is 2.48 bits per heavy atom. The number of nitrogens with zero attached hydrogens (tertiary/aromatic N) is 4. The number of nitrogens with one attached hydrogen (secondary N) is 2. The number of imidazole rings is 1. The largest absolute Gasteiger partial charge is 0.357 e. The van der Waals surface area contributed by atoms with Crippen molar-refractivity contribution in [2.45, 2.75) is 27.3 Å². The second-order valence-electron chi connectivity index (χ2n) is 4.59. The number of rotatable bonds is 5. The lowest BCUT2D eigenvalue weighted by molar-refractivity contribution is 0.837. The van der Waals surface area contributed by atoms with Crippen molar-refractivity contribution >= 4 is 5.96 Å². The van der Waals surface area contributed by atoms with Crippen molar-refractivity contribution in [2.24, 2.45) is 4.99 Å². The molecule has 2 rings (SSSR count). The van der Waals surface area contributed by atoms with E-state index in [-0.39, 0.29) is 0 Å². The van der Waals surface area contributed by atoms with Gasteiger partial charge in [-0.2, -0.15) is 0 Å². The van der Waals surface area contributed by atoms with Gasteiger partial charge in [-0.05, 0) is 32.4 Å². The van der Waals surface area contributed by atoms with Crippen LogP contribution in [-0.2, 0) is 6.54 Å². The Bertz CT molecular complexity index is 576. The fourth-order valence-electron chi connectivity index (χ4n) is 1.95.